The normalized spacial score (nSPS) is 49.7. The van der Waals surface area contributed by atoms with Crippen LogP contribution in [0.5, 0.6) is 0 Å². The first-order chi connectivity index (χ1) is 14.1. The van der Waals surface area contributed by atoms with Gasteiger partial charge in [-0.3, -0.25) is 4.90 Å². The van der Waals surface area contributed by atoms with Crippen LogP contribution in [-0.4, -0.2) is 79.6 Å². The number of halogens is 1. The van der Waals surface area contributed by atoms with Gasteiger partial charge in [0, 0.05) is 24.5 Å². The highest BCUT2D eigenvalue weighted by atomic mass is 35.5. The van der Waals surface area contributed by atoms with Gasteiger partial charge in [-0.1, -0.05) is 0 Å². The molecule has 5 nitrogen and oxygen atoms in total. The lowest BCUT2D eigenvalue weighted by Gasteiger charge is -2.42. The number of morpholine rings is 1. The van der Waals surface area contributed by atoms with E-state index < -0.39 is 0 Å². The minimum absolute atomic E-state index is 0.0360. The van der Waals surface area contributed by atoms with Crippen molar-refractivity contribution in [1.82, 2.24) is 10.2 Å². The summed E-state index contributed by atoms with van der Waals surface area (Å²) in [4.78, 5) is 2.65. The highest BCUT2D eigenvalue weighted by molar-refractivity contribution is 6.20. The Morgan fingerprint density at radius 1 is 1.03 bits per heavy atom. The number of fused-ring (bicyclic) bond motifs is 5. The molecule has 1 spiro atoms. The van der Waals surface area contributed by atoms with Crippen LogP contribution in [0.3, 0.4) is 0 Å². The lowest BCUT2D eigenvalue weighted by Crippen LogP contribution is -2.63. The average Bonchev–Trinajstić information content (AvgIpc) is 2.99. The number of nitrogens with one attached hydrogen (secondary N) is 1. The second-order valence-electron chi connectivity index (χ2n) is 10.3. The molecule has 0 radical (unpaired) electrons. The quantitative estimate of drug-likeness (QED) is 0.602. The molecule has 6 heteroatoms. The van der Waals surface area contributed by atoms with Crippen molar-refractivity contribution in [2.45, 2.75) is 93.5 Å². The third-order valence-corrected chi connectivity index (χ3v) is 9.01. The van der Waals surface area contributed by atoms with Crippen molar-refractivity contribution in [2.24, 2.45) is 11.8 Å². The molecule has 0 aromatic heterocycles. The molecule has 166 valence electrons. The number of hydrogen-bond donors (Lipinski definition) is 1. The molecule has 0 aromatic carbocycles. The van der Waals surface area contributed by atoms with E-state index in [4.69, 9.17) is 25.8 Å². The maximum absolute atomic E-state index is 6.60. The van der Waals surface area contributed by atoms with Gasteiger partial charge < -0.3 is 19.5 Å². The first-order valence-electron chi connectivity index (χ1n) is 12.1. The highest BCUT2D eigenvalue weighted by Crippen LogP contribution is 2.43. The summed E-state index contributed by atoms with van der Waals surface area (Å²) in [5.74, 6) is 1.40. The van der Waals surface area contributed by atoms with Crippen LogP contribution in [-0.2, 0) is 14.2 Å². The molecule has 6 aliphatic rings. The van der Waals surface area contributed by atoms with E-state index in [0.29, 0.717) is 35.6 Å². The molecule has 2 saturated carbocycles. The summed E-state index contributed by atoms with van der Waals surface area (Å²) in [6.07, 6.45) is 10.3. The van der Waals surface area contributed by atoms with Crippen molar-refractivity contribution < 1.29 is 14.2 Å². The molecule has 4 heterocycles. The van der Waals surface area contributed by atoms with E-state index in [9.17, 15) is 0 Å². The first kappa shape index (κ1) is 21.0. The summed E-state index contributed by atoms with van der Waals surface area (Å²) < 4.78 is 19.1. The number of nitrogens with zero attached hydrogens (tertiary/aromatic N) is 1. The number of ether oxygens (including phenoxy) is 3. The molecule has 3 unspecified atom stereocenters. The maximum atomic E-state index is 6.60. The Morgan fingerprint density at radius 2 is 1.90 bits per heavy atom. The molecular weight excluding hydrogens is 388 g/mol. The van der Waals surface area contributed by atoms with Gasteiger partial charge in [-0.2, -0.15) is 0 Å². The predicted octanol–water partition coefficient (Wildman–Crippen LogP) is 3.19. The van der Waals surface area contributed by atoms with Crippen molar-refractivity contribution >= 4 is 11.6 Å². The van der Waals surface area contributed by atoms with Crippen LogP contribution in [0.2, 0.25) is 0 Å². The van der Waals surface area contributed by atoms with Crippen molar-refractivity contribution in [3.8, 4) is 0 Å². The minimum atomic E-state index is 0.0360. The second-order valence-corrected chi connectivity index (χ2v) is 10.9. The van der Waals surface area contributed by atoms with Gasteiger partial charge in [0.15, 0.2) is 0 Å². The fourth-order valence-electron chi connectivity index (χ4n) is 7.11. The smallest absolute Gasteiger partial charge is 0.0665 e. The molecule has 6 fully saturated rings. The third-order valence-electron chi connectivity index (χ3n) is 8.61. The molecule has 6 atom stereocenters. The molecule has 29 heavy (non-hydrogen) atoms. The van der Waals surface area contributed by atoms with Gasteiger partial charge >= 0.3 is 0 Å². The molecule has 0 aromatic rings. The van der Waals surface area contributed by atoms with Crippen LogP contribution in [0, 0.1) is 11.8 Å². The number of rotatable bonds is 0. The van der Waals surface area contributed by atoms with Gasteiger partial charge in [0.05, 0.1) is 50.2 Å². The Balaban J connectivity index is 1.35. The van der Waals surface area contributed by atoms with Crippen LogP contribution in [0.25, 0.3) is 0 Å². The largest absolute Gasteiger partial charge is 0.378 e. The summed E-state index contributed by atoms with van der Waals surface area (Å²) in [5, 5.41) is 4.18. The molecule has 0 amide bonds. The van der Waals surface area contributed by atoms with Crippen molar-refractivity contribution in [3.63, 3.8) is 0 Å². The Labute approximate surface area is 181 Å². The van der Waals surface area contributed by atoms with Crippen LogP contribution in [0.15, 0.2) is 0 Å². The Morgan fingerprint density at radius 3 is 2.69 bits per heavy atom. The summed E-state index contributed by atoms with van der Waals surface area (Å²) in [7, 11) is 0. The van der Waals surface area contributed by atoms with Crippen LogP contribution in [0.1, 0.15) is 58.3 Å². The Bertz CT molecular complexity index is 550. The monoisotopic (exact) mass is 426 g/mol. The summed E-state index contributed by atoms with van der Waals surface area (Å²) in [6.45, 7) is 7.56. The zero-order valence-electron chi connectivity index (χ0n) is 18.0. The van der Waals surface area contributed by atoms with Gasteiger partial charge in [-0.25, -0.2) is 0 Å². The Kier molecular flexibility index (Phi) is 6.44. The van der Waals surface area contributed by atoms with Gasteiger partial charge in [-0.05, 0) is 70.1 Å². The topological polar surface area (TPSA) is 43.0 Å². The average molecular weight is 427 g/mol. The zero-order valence-corrected chi connectivity index (χ0v) is 18.7. The minimum Gasteiger partial charge on any atom is -0.378 e. The van der Waals surface area contributed by atoms with E-state index in [-0.39, 0.29) is 5.54 Å². The fourth-order valence-corrected chi connectivity index (χ4v) is 7.44. The molecule has 6 rings (SSSR count). The standard InChI is InChI=1S/C23H39ClN2O3/c1-16-13-23(15-27-10-8-25-23)22-14-29-19-5-2-17(3-6-19)20-12-18(24)4-7-21(20)28-11-9-26(16)22/h16-22,25H,2-15H2,1H3/t16-,17?,18?,19?,20?,21?,22+,23-/m1/s1. The fraction of sp³-hybridized carbons (Fsp3) is 1.00. The van der Waals surface area contributed by atoms with E-state index >= 15 is 0 Å². The van der Waals surface area contributed by atoms with Crippen molar-refractivity contribution in [1.29, 1.82) is 0 Å². The van der Waals surface area contributed by atoms with E-state index in [1.165, 1.54) is 25.7 Å². The molecule has 2 aliphatic carbocycles. The van der Waals surface area contributed by atoms with E-state index in [2.05, 4.69) is 17.1 Å². The number of alkyl halides is 1. The van der Waals surface area contributed by atoms with Crippen LogP contribution >= 0.6 is 11.6 Å². The van der Waals surface area contributed by atoms with E-state index in [1.54, 1.807) is 0 Å². The summed E-state index contributed by atoms with van der Waals surface area (Å²) >= 11 is 6.59. The SMILES string of the molecule is C[C@@H]1C[C@@]2(COCCN2)[C@@H]2COC3CCC(CC3)C3CC(Cl)CCC3OCCN12. The van der Waals surface area contributed by atoms with Crippen LogP contribution < -0.4 is 5.32 Å². The highest BCUT2D eigenvalue weighted by Gasteiger charge is 2.52. The summed E-state index contributed by atoms with van der Waals surface area (Å²) in [6, 6.07) is 0.895. The van der Waals surface area contributed by atoms with Gasteiger partial charge in [0.2, 0.25) is 0 Å². The summed E-state index contributed by atoms with van der Waals surface area (Å²) in [5.41, 5.74) is 0.0360. The van der Waals surface area contributed by atoms with Crippen LogP contribution in [0.4, 0.5) is 0 Å². The van der Waals surface area contributed by atoms with Gasteiger partial charge in [-0.15, -0.1) is 11.6 Å². The molecule has 4 aliphatic heterocycles. The molecule has 4 saturated heterocycles. The zero-order chi connectivity index (χ0) is 19.8. The van der Waals surface area contributed by atoms with Crippen molar-refractivity contribution in [2.75, 3.05) is 39.5 Å². The molecular formula is C23H39ClN2O3. The van der Waals surface area contributed by atoms with E-state index in [1.807, 2.05) is 0 Å². The maximum Gasteiger partial charge on any atom is 0.0665 e. The van der Waals surface area contributed by atoms with Gasteiger partial charge in [0.1, 0.15) is 0 Å². The van der Waals surface area contributed by atoms with Gasteiger partial charge in [0.25, 0.3) is 0 Å². The Hall–Kier alpha value is 0.0900. The first-order valence-corrected chi connectivity index (χ1v) is 12.5. The lowest BCUT2D eigenvalue weighted by atomic mass is 9.71. The number of hydrogen-bond acceptors (Lipinski definition) is 5. The second kappa shape index (κ2) is 8.91. The predicted molar refractivity (Wildman–Crippen MR) is 115 cm³/mol. The lowest BCUT2D eigenvalue weighted by molar-refractivity contribution is -0.0509. The van der Waals surface area contributed by atoms with E-state index in [0.717, 1.165) is 71.1 Å². The van der Waals surface area contributed by atoms with Crippen molar-refractivity contribution in [3.05, 3.63) is 0 Å². The molecule has 1 N–H and O–H groups in total. The molecule has 2 bridgehead atoms. The third kappa shape index (κ3) is 4.25.